The zero-order valence-corrected chi connectivity index (χ0v) is 12.1. The Morgan fingerprint density at radius 3 is 2.42 bits per heavy atom. The van der Waals surface area contributed by atoms with Gasteiger partial charge in [0.1, 0.15) is 17.9 Å². The van der Waals surface area contributed by atoms with Crippen molar-refractivity contribution in [2.24, 2.45) is 0 Å². The van der Waals surface area contributed by atoms with E-state index in [1.807, 2.05) is 39.0 Å². The number of aryl methyl sites for hydroxylation is 2. The van der Waals surface area contributed by atoms with Crippen LogP contribution in [0.1, 0.15) is 31.4 Å². The third-order valence-electron chi connectivity index (χ3n) is 3.15. The predicted molar refractivity (Wildman–Crippen MR) is 75.7 cm³/mol. The zero-order valence-electron chi connectivity index (χ0n) is 12.1. The van der Waals surface area contributed by atoms with E-state index in [0.29, 0.717) is 6.54 Å². The summed E-state index contributed by atoms with van der Waals surface area (Å²) in [6.07, 6.45) is 0.881. The first-order valence-electron chi connectivity index (χ1n) is 6.58. The first-order chi connectivity index (χ1) is 8.90. The molecule has 0 aliphatic carbocycles. The lowest BCUT2D eigenvalue weighted by molar-refractivity contribution is -0.145. The number of carboxylic acid groups (broad SMARTS) is 1. The second-order valence-corrected chi connectivity index (χ2v) is 5.07. The van der Waals surface area contributed by atoms with Crippen molar-refractivity contribution < 1.29 is 14.6 Å². The van der Waals surface area contributed by atoms with E-state index in [2.05, 4.69) is 5.32 Å². The number of para-hydroxylation sites is 1. The summed E-state index contributed by atoms with van der Waals surface area (Å²) in [7, 11) is 0. The Kier molecular flexibility index (Phi) is 5.36. The number of rotatable bonds is 7. The highest BCUT2D eigenvalue weighted by atomic mass is 16.5. The highest BCUT2D eigenvalue weighted by Crippen LogP contribution is 2.23. The molecule has 0 bridgehead atoms. The Labute approximate surface area is 114 Å². The van der Waals surface area contributed by atoms with E-state index >= 15 is 0 Å². The van der Waals surface area contributed by atoms with Crippen LogP contribution in [0.5, 0.6) is 5.75 Å². The van der Waals surface area contributed by atoms with E-state index in [1.54, 1.807) is 6.92 Å². The lowest BCUT2D eigenvalue weighted by Gasteiger charge is -2.27. The molecule has 4 nitrogen and oxygen atoms in total. The third kappa shape index (κ3) is 3.96. The standard InChI is InChI=1S/C15H23NO3/c1-5-9-16-15(4,14(17)18)10-19-13-11(2)7-6-8-12(13)3/h6-8,16H,5,9-10H2,1-4H3,(H,17,18). The molecule has 0 aliphatic rings. The Balaban J connectivity index is 2.79. The number of benzene rings is 1. The van der Waals surface area contributed by atoms with Gasteiger partial charge < -0.3 is 9.84 Å². The molecule has 19 heavy (non-hydrogen) atoms. The van der Waals surface area contributed by atoms with Crippen LogP contribution < -0.4 is 10.1 Å². The molecule has 1 rings (SSSR count). The summed E-state index contributed by atoms with van der Waals surface area (Å²) in [5.41, 5.74) is 0.969. The zero-order chi connectivity index (χ0) is 14.5. The van der Waals surface area contributed by atoms with Crippen molar-refractivity contribution >= 4 is 5.97 Å². The Bertz CT molecular complexity index is 425. The van der Waals surface area contributed by atoms with Crippen LogP contribution in [0.4, 0.5) is 0 Å². The minimum Gasteiger partial charge on any atom is -0.490 e. The van der Waals surface area contributed by atoms with Gasteiger partial charge in [-0.1, -0.05) is 25.1 Å². The second kappa shape index (κ2) is 6.57. The molecule has 0 amide bonds. The molecule has 0 saturated carbocycles. The molecule has 0 heterocycles. The molecule has 1 aromatic rings. The lowest BCUT2D eigenvalue weighted by atomic mass is 10.0. The highest BCUT2D eigenvalue weighted by molar-refractivity contribution is 5.78. The van der Waals surface area contributed by atoms with Crippen molar-refractivity contribution in [1.29, 1.82) is 0 Å². The number of ether oxygens (including phenoxy) is 1. The van der Waals surface area contributed by atoms with Crippen LogP contribution in [0.2, 0.25) is 0 Å². The molecule has 0 saturated heterocycles. The van der Waals surface area contributed by atoms with Gasteiger partial charge >= 0.3 is 5.97 Å². The molecule has 0 fully saturated rings. The molecular weight excluding hydrogens is 242 g/mol. The maximum Gasteiger partial charge on any atom is 0.327 e. The Morgan fingerprint density at radius 2 is 1.95 bits per heavy atom. The van der Waals surface area contributed by atoms with Gasteiger partial charge in [-0.2, -0.15) is 0 Å². The van der Waals surface area contributed by atoms with E-state index in [0.717, 1.165) is 23.3 Å². The molecule has 2 N–H and O–H groups in total. The normalized spacial score (nSPS) is 13.9. The fourth-order valence-electron chi connectivity index (χ4n) is 1.83. The van der Waals surface area contributed by atoms with Crippen molar-refractivity contribution in [3.63, 3.8) is 0 Å². The van der Waals surface area contributed by atoms with E-state index in [4.69, 9.17) is 4.74 Å². The molecule has 0 aromatic heterocycles. The van der Waals surface area contributed by atoms with Crippen molar-refractivity contribution in [2.45, 2.75) is 39.7 Å². The number of carbonyl (C=O) groups is 1. The quantitative estimate of drug-likeness (QED) is 0.795. The largest absolute Gasteiger partial charge is 0.490 e. The van der Waals surface area contributed by atoms with Gasteiger partial charge in [0, 0.05) is 0 Å². The number of nitrogens with one attached hydrogen (secondary N) is 1. The maximum atomic E-state index is 11.4. The minimum absolute atomic E-state index is 0.105. The summed E-state index contributed by atoms with van der Waals surface area (Å²) >= 11 is 0. The van der Waals surface area contributed by atoms with Crippen LogP contribution >= 0.6 is 0 Å². The second-order valence-electron chi connectivity index (χ2n) is 5.07. The molecule has 0 radical (unpaired) electrons. The molecular formula is C15H23NO3. The van der Waals surface area contributed by atoms with Crippen LogP contribution in [0.25, 0.3) is 0 Å². The average Bonchev–Trinajstić information content (AvgIpc) is 2.35. The van der Waals surface area contributed by atoms with E-state index < -0.39 is 11.5 Å². The molecule has 0 spiro atoms. The van der Waals surface area contributed by atoms with Crippen molar-refractivity contribution in [2.75, 3.05) is 13.2 Å². The first kappa shape index (κ1) is 15.5. The van der Waals surface area contributed by atoms with Crippen molar-refractivity contribution in [1.82, 2.24) is 5.32 Å². The monoisotopic (exact) mass is 265 g/mol. The lowest BCUT2D eigenvalue weighted by Crippen LogP contribution is -2.54. The highest BCUT2D eigenvalue weighted by Gasteiger charge is 2.33. The van der Waals surface area contributed by atoms with Gasteiger partial charge in [-0.25, -0.2) is 0 Å². The fraction of sp³-hybridized carbons (Fsp3) is 0.533. The summed E-state index contributed by atoms with van der Waals surface area (Å²) in [4.78, 5) is 11.4. The van der Waals surface area contributed by atoms with Gasteiger partial charge in [0.05, 0.1) is 0 Å². The molecule has 1 aromatic carbocycles. The number of hydrogen-bond acceptors (Lipinski definition) is 3. The van der Waals surface area contributed by atoms with Crippen LogP contribution in [0, 0.1) is 13.8 Å². The number of carboxylic acids is 1. The summed E-state index contributed by atoms with van der Waals surface area (Å²) in [5.74, 6) is -0.125. The minimum atomic E-state index is -1.06. The van der Waals surface area contributed by atoms with Crippen LogP contribution in [0.3, 0.4) is 0 Å². The van der Waals surface area contributed by atoms with Gasteiger partial charge in [-0.15, -0.1) is 0 Å². The number of hydrogen-bond donors (Lipinski definition) is 2. The third-order valence-corrected chi connectivity index (χ3v) is 3.15. The van der Waals surface area contributed by atoms with E-state index in [-0.39, 0.29) is 6.61 Å². The molecule has 1 atom stereocenters. The smallest absolute Gasteiger partial charge is 0.327 e. The first-order valence-corrected chi connectivity index (χ1v) is 6.58. The fourth-order valence-corrected chi connectivity index (χ4v) is 1.83. The molecule has 4 heteroatoms. The van der Waals surface area contributed by atoms with Crippen LogP contribution in [0.15, 0.2) is 18.2 Å². The summed E-state index contributed by atoms with van der Waals surface area (Å²) < 4.78 is 5.75. The summed E-state index contributed by atoms with van der Waals surface area (Å²) in [6.45, 7) is 8.33. The van der Waals surface area contributed by atoms with Crippen molar-refractivity contribution in [3.05, 3.63) is 29.3 Å². The van der Waals surface area contributed by atoms with E-state index in [9.17, 15) is 9.90 Å². The van der Waals surface area contributed by atoms with Gasteiger partial charge in [-0.3, -0.25) is 10.1 Å². The van der Waals surface area contributed by atoms with Crippen LogP contribution in [-0.2, 0) is 4.79 Å². The van der Waals surface area contributed by atoms with E-state index in [1.165, 1.54) is 0 Å². The maximum absolute atomic E-state index is 11.4. The Morgan fingerprint density at radius 1 is 1.37 bits per heavy atom. The SMILES string of the molecule is CCCNC(C)(COc1c(C)cccc1C)C(=O)O. The predicted octanol–water partition coefficient (Wildman–Crippen LogP) is 2.53. The van der Waals surface area contributed by atoms with Gasteiger partial charge in [-0.05, 0) is 44.9 Å². The molecule has 0 aliphatic heterocycles. The summed E-state index contributed by atoms with van der Waals surface area (Å²) in [5, 5.41) is 12.4. The average molecular weight is 265 g/mol. The summed E-state index contributed by atoms with van der Waals surface area (Å²) in [6, 6.07) is 5.88. The molecule has 106 valence electrons. The van der Waals surface area contributed by atoms with Crippen molar-refractivity contribution in [3.8, 4) is 5.75 Å². The van der Waals surface area contributed by atoms with Crippen LogP contribution in [-0.4, -0.2) is 29.8 Å². The number of aliphatic carboxylic acids is 1. The Hall–Kier alpha value is -1.55. The molecule has 1 unspecified atom stereocenters. The topological polar surface area (TPSA) is 58.6 Å². The van der Waals surface area contributed by atoms with Gasteiger partial charge in [0.2, 0.25) is 0 Å². The van der Waals surface area contributed by atoms with Gasteiger partial charge in [0.15, 0.2) is 0 Å². The van der Waals surface area contributed by atoms with Gasteiger partial charge in [0.25, 0.3) is 0 Å².